The molecule has 1 heterocycles. The Morgan fingerprint density at radius 3 is 2.54 bits per heavy atom. The van der Waals surface area contributed by atoms with Gasteiger partial charge in [0.05, 0.1) is 0 Å². The van der Waals surface area contributed by atoms with Gasteiger partial charge in [-0.25, -0.2) is 0 Å². The minimum absolute atomic E-state index is 0.0506. The SMILES string of the molecule is O=C(Cn1ccc2ccccc2c1=O)NCCCc1ccccc1. The first kappa shape index (κ1) is 16.0. The smallest absolute Gasteiger partial charge is 0.258 e. The summed E-state index contributed by atoms with van der Waals surface area (Å²) in [5.74, 6) is -0.138. The first-order valence-corrected chi connectivity index (χ1v) is 8.13. The van der Waals surface area contributed by atoms with Gasteiger partial charge in [0, 0.05) is 18.1 Å². The fourth-order valence-corrected chi connectivity index (χ4v) is 2.73. The van der Waals surface area contributed by atoms with E-state index in [0.717, 1.165) is 18.2 Å². The molecule has 0 bridgehead atoms. The van der Waals surface area contributed by atoms with Crippen LogP contribution in [0.15, 0.2) is 71.7 Å². The average molecular weight is 320 g/mol. The minimum atomic E-state index is -0.138. The average Bonchev–Trinajstić information content (AvgIpc) is 2.62. The van der Waals surface area contributed by atoms with Crippen LogP contribution >= 0.6 is 0 Å². The summed E-state index contributed by atoms with van der Waals surface area (Å²) in [5.41, 5.74) is 1.13. The second-order valence-electron chi connectivity index (χ2n) is 5.78. The van der Waals surface area contributed by atoms with E-state index >= 15 is 0 Å². The molecule has 0 fully saturated rings. The maximum absolute atomic E-state index is 12.4. The number of hydrogen-bond acceptors (Lipinski definition) is 2. The third kappa shape index (κ3) is 3.90. The zero-order valence-electron chi connectivity index (χ0n) is 13.4. The molecule has 0 unspecified atom stereocenters. The van der Waals surface area contributed by atoms with Crippen LogP contribution in [-0.2, 0) is 17.8 Å². The molecule has 1 aromatic heterocycles. The van der Waals surface area contributed by atoms with E-state index in [9.17, 15) is 9.59 Å². The second-order valence-corrected chi connectivity index (χ2v) is 5.78. The third-order valence-electron chi connectivity index (χ3n) is 4.01. The van der Waals surface area contributed by atoms with E-state index in [-0.39, 0.29) is 18.0 Å². The highest BCUT2D eigenvalue weighted by atomic mass is 16.2. The number of nitrogens with one attached hydrogen (secondary N) is 1. The number of fused-ring (bicyclic) bond motifs is 1. The Kier molecular flexibility index (Phi) is 5.06. The fourth-order valence-electron chi connectivity index (χ4n) is 2.73. The van der Waals surface area contributed by atoms with Crippen LogP contribution < -0.4 is 10.9 Å². The van der Waals surface area contributed by atoms with E-state index in [1.54, 1.807) is 12.3 Å². The number of carbonyl (C=O) groups excluding carboxylic acids is 1. The van der Waals surface area contributed by atoms with Crippen molar-refractivity contribution in [3.05, 3.63) is 82.8 Å². The highest BCUT2D eigenvalue weighted by Crippen LogP contribution is 2.07. The van der Waals surface area contributed by atoms with E-state index in [4.69, 9.17) is 0 Å². The monoisotopic (exact) mass is 320 g/mol. The summed E-state index contributed by atoms with van der Waals surface area (Å²) < 4.78 is 1.45. The van der Waals surface area contributed by atoms with Crippen molar-refractivity contribution in [3.8, 4) is 0 Å². The predicted octanol–water partition coefficient (Wildman–Crippen LogP) is 2.75. The van der Waals surface area contributed by atoms with E-state index in [1.165, 1.54) is 10.1 Å². The Morgan fingerprint density at radius 2 is 1.71 bits per heavy atom. The van der Waals surface area contributed by atoms with E-state index in [2.05, 4.69) is 17.4 Å². The third-order valence-corrected chi connectivity index (χ3v) is 4.01. The van der Waals surface area contributed by atoms with Gasteiger partial charge in [-0.1, -0.05) is 48.5 Å². The Labute approximate surface area is 140 Å². The van der Waals surface area contributed by atoms with Gasteiger partial charge in [0.25, 0.3) is 5.56 Å². The molecule has 4 nitrogen and oxygen atoms in total. The first-order chi connectivity index (χ1) is 11.7. The molecule has 4 heteroatoms. The zero-order valence-corrected chi connectivity index (χ0v) is 13.4. The Morgan fingerprint density at radius 1 is 0.958 bits per heavy atom. The maximum atomic E-state index is 12.4. The van der Waals surface area contributed by atoms with Gasteiger partial charge in [-0.15, -0.1) is 0 Å². The maximum Gasteiger partial charge on any atom is 0.258 e. The van der Waals surface area contributed by atoms with E-state index < -0.39 is 0 Å². The molecule has 1 amide bonds. The van der Waals surface area contributed by atoms with Gasteiger partial charge in [0.1, 0.15) is 6.54 Å². The Hall–Kier alpha value is -2.88. The van der Waals surface area contributed by atoms with Crippen molar-refractivity contribution >= 4 is 16.7 Å². The van der Waals surface area contributed by atoms with Gasteiger partial charge in [0.15, 0.2) is 0 Å². The standard InChI is InChI=1S/C20H20N2O2/c23-19(21-13-6-9-16-7-2-1-3-8-16)15-22-14-12-17-10-4-5-11-18(17)20(22)24/h1-5,7-8,10-12,14H,6,9,13,15H2,(H,21,23). The summed E-state index contributed by atoms with van der Waals surface area (Å²) in [6.07, 6.45) is 3.48. The van der Waals surface area contributed by atoms with Crippen LogP contribution in [0, 0.1) is 0 Å². The molecule has 1 N–H and O–H groups in total. The number of carbonyl (C=O) groups is 1. The van der Waals surface area contributed by atoms with Crippen molar-refractivity contribution in [1.29, 1.82) is 0 Å². The van der Waals surface area contributed by atoms with Gasteiger partial charge in [-0.2, -0.15) is 0 Å². The Bertz CT molecular complexity index is 885. The van der Waals surface area contributed by atoms with Gasteiger partial charge in [0.2, 0.25) is 5.91 Å². The molecule has 0 aliphatic rings. The number of amides is 1. The van der Waals surface area contributed by atoms with Gasteiger partial charge < -0.3 is 9.88 Å². The van der Waals surface area contributed by atoms with E-state index in [1.807, 2.05) is 42.5 Å². The van der Waals surface area contributed by atoms with Crippen LogP contribution in [-0.4, -0.2) is 17.0 Å². The molecule has 0 spiro atoms. The van der Waals surface area contributed by atoms with Crippen molar-refractivity contribution in [1.82, 2.24) is 9.88 Å². The lowest BCUT2D eigenvalue weighted by Crippen LogP contribution is -2.32. The van der Waals surface area contributed by atoms with Gasteiger partial charge in [-0.3, -0.25) is 9.59 Å². The summed E-state index contributed by atoms with van der Waals surface area (Å²) in [6, 6.07) is 19.4. The van der Waals surface area contributed by atoms with Crippen LogP contribution in [0.2, 0.25) is 0 Å². The number of benzene rings is 2. The minimum Gasteiger partial charge on any atom is -0.355 e. The largest absolute Gasteiger partial charge is 0.355 e. The fraction of sp³-hybridized carbons (Fsp3) is 0.200. The molecule has 122 valence electrons. The molecule has 3 aromatic rings. The molecule has 0 atom stereocenters. The Balaban J connectivity index is 1.53. The normalized spacial score (nSPS) is 10.7. The van der Waals surface area contributed by atoms with Crippen LogP contribution in [0.4, 0.5) is 0 Å². The number of aromatic nitrogens is 1. The zero-order chi connectivity index (χ0) is 16.8. The second kappa shape index (κ2) is 7.59. The van der Waals surface area contributed by atoms with Crippen molar-refractivity contribution in [2.45, 2.75) is 19.4 Å². The molecular formula is C20H20N2O2. The molecule has 0 radical (unpaired) electrons. The number of pyridine rings is 1. The van der Waals surface area contributed by atoms with Crippen molar-refractivity contribution in [2.24, 2.45) is 0 Å². The number of hydrogen-bond donors (Lipinski definition) is 1. The van der Waals surface area contributed by atoms with Crippen LogP contribution in [0.25, 0.3) is 10.8 Å². The summed E-state index contributed by atoms with van der Waals surface area (Å²) in [4.78, 5) is 24.4. The molecule has 2 aromatic carbocycles. The molecule has 24 heavy (non-hydrogen) atoms. The topological polar surface area (TPSA) is 51.1 Å². The summed E-state index contributed by atoms with van der Waals surface area (Å²) >= 11 is 0. The van der Waals surface area contributed by atoms with Crippen molar-refractivity contribution in [3.63, 3.8) is 0 Å². The van der Waals surface area contributed by atoms with Crippen LogP contribution in [0.3, 0.4) is 0 Å². The van der Waals surface area contributed by atoms with Gasteiger partial charge in [-0.05, 0) is 35.9 Å². The van der Waals surface area contributed by atoms with Crippen LogP contribution in [0.1, 0.15) is 12.0 Å². The predicted molar refractivity (Wildman–Crippen MR) is 96.0 cm³/mol. The number of aryl methyl sites for hydroxylation is 1. The van der Waals surface area contributed by atoms with Crippen molar-refractivity contribution < 1.29 is 4.79 Å². The molecule has 3 rings (SSSR count). The number of nitrogens with zero attached hydrogens (tertiary/aromatic N) is 1. The molecule has 0 saturated heterocycles. The van der Waals surface area contributed by atoms with Gasteiger partial charge >= 0.3 is 0 Å². The summed E-state index contributed by atoms with van der Waals surface area (Å²) in [5, 5.41) is 4.40. The van der Waals surface area contributed by atoms with Crippen molar-refractivity contribution in [2.75, 3.05) is 6.54 Å². The molecule has 0 aliphatic carbocycles. The summed E-state index contributed by atoms with van der Waals surface area (Å²) in [7, 11) is 0. The number of rotatable bonds is 6. The highest BCUT2D eigenvalue weighted by molar-refractivity contribution is 5.82. The lowest BCUT2D eigenvalue weighted by molar-refractivity contribution is -0.121. The van der Waals surface area contributed by atoms with E-state index in [0.29, 0.717) is 11.9 Å². The summed E-state index contributed by atoms with van der Waals surface area (Å²) in [6.45, 7) is 0.658. The highest BCUT2D eigenvalue weighted by Gasteiger charge is 2.06. The molecule has 0 aliphatic heterocycles. The molecule has 0 saturated carbocycles. The molecular weight excluding hydrogens is 300 g/mol. The van der Waals surface area contributed by atoms with Crippen LogP contribution in [0.5, 0.6) is 0 Å². The lowest BCUT2D eigenvalue weighted by atomic mass is 10.1. The quantitative estimate of drug-likeness (QED) is 0.710. The lowest BCUT2D eigenvalue weighted by Gasteiger charge is -2.08. The first-order valence-electron chi connectivity index (χ1n) is 8.13.